The molecule has 0 radical (unpaired) electrons. The maximum absolute atomic E-state index is 12.8. The molecule has 2 aliphatic rings. The number of rotatable bonds is 4. The fraction of sp³-hybridized carbons (Fsp3) is 0.348. The van der Waals surface area contributed by atoms with Crippen LogP contribution in [-0.4, -0.2) is 32.6 Å². The van der Waals surface area contributed by atoms with Gasteiger partial charge in [0.2, 0.25) is 12.7 Å². The van der Waals surface area contributed by atoms with E-state index in [-0.39, 0.29) is 30.6 Å². The molecule has 3 heterocycles. The quantitative estimate of drug-likeness (QED) is 0.696. The highest BCUT2D eigenvalue weighted by Gasteiger charge is 2.34. The standard InChI is InChI=1S/C23H23N5O3/c1-23(2)9-16(27-21(29)8-14-3-4-19-20(7-14)31-13-30-19)15-11-26-22(28-17(15)10-23)18-12-24-5-6-25-18/h3-7,11-12,16H,8-10,13H2,1-2H3,(H,27,29). The van der Waals surface area contributed by atoms with Gasteiger partial charge in [-0.1, -0.05) is 19.9 Å². The third-order valence-corrected chi connectivity index (χ3v) is 5.61. The SMILES string of the molecule is CC1(C)Cc2nc(-c3cnccn3)ncc2C(NC(=O)Cc2ccc3c(c2)OCO3)C1. The van der Waals surface area contributed by atoms with Crippen molar-refractivity contribution in [1.29, 1.82) is 0 Å². The second-order valence-electron chi connectivity index (χ2n) is 8.72. The summed E-state index contributed by atoms with van der Waals surface area (Å²) >= 11 is 0. The Morgan fingerprint density at radius 2 is 2.03 bits per heavy atom. The van der Waals surface area contributed by atoms with Gasteiger partial charge in [0.1, 0.15) is 5.69 Å². The summed E-state index contributed by atoms with van der Waals surface area (Å²) < 4.78 is 10.8. The molecule has 0 saturated heterocycles. The van der Waals surface area contributed by atoms with Gasteiger partial charge in [0.15, 0.2) is 17.3 Å². The number of nitrogens with zero attached hydrogens (tertiary/aromatic N) is 4. The molecule has 0 fully saturated rings. The summed E-state index contributed by atoms with van der Waals surface area (Å²) in [7, 11) is 0. The number of carbonyl (C=O) groups is 1. The van der Waals surface area contributed by atoms with Crippen LogP contribution in [0.1, 0.15) is 43.1 Å². The van der Waals surface area contributed by atoms with Crippen LogP contribution >= 0.6 is 0 Å². The van der Waals surface area contributed by atoms with Crippen LogP contribution in [0.15, 0.2) is 43.0 Å². The third-order valence-electron chi connectivity index (χ3n) is 5.61. The first-order chi connectivity index (χ1) is 15.0. The van der Waals surface area contributed by atoms with Gasteiger partial charge in [-0.3, -0.25) is 9.78 Å². The molecule has 1 N–H and O–H groups in total. The van der Waals surface area contributed by atoms with Crippen LogP contribution in [0.3, 0.4) is 0 Å². The van der Waals surface area contributed by atoms with Crippen LogP contribution in [0.25, 0.3) is 11.5 Å². The van der Waals surface area contributed by atoms with E-state index in [0.717, 1.165) is 29.7 Å². The number of hydrogen-bond acceptors (Lipinski definition) is 7. The van der Waals surface area contributed by atoms with Crippen LogP contribution in [-0.2, 0) is 17.6 Å². The molecule has 1 aromatic carbocycles. The summed E-state index contributed by atoms with van der Waals surface area (Å²) in [5.41, 5.74) is 3.42. The van der Waals surface area contributed by atoms with Crippen molar-refractivity contribution in [3.63, 3.8) is 0 Å². The van der Waals surface area contributed by atoms with Crippen molar-refractivity contribution in [2.24, 2.45) is 5.41 Å². The van der Waals surface area contributed by atoms with E-state index in [0.29, 0.717) is 23.0 Å². The van der Waals surface area contributed by atoms with E-state index in [1.165, 1.54) is 0 Å². The highest BCUT2D eigenvalue weighted by Crippen LogP contribution is 2.40. The maximum Gasteiger partial charge on any atom is 0.231 e. The minimum absolute atomic E-state index is 0.00230. The molecule has 1 unspecified atom stereocenters. The first kappa shape index (κ1) is 19.4. The lowest BCUT2D eigenvalue weighted by Crippen LogP contribution is -2.37. The van der Waals surface area contributed by atoms with Gasteiger partial charge >= 0.3 is 0 Å². The van der Waals surface area contributed by atoms with E-state index in [2.05, 4.69) is 34.1 Å². The molecule has 8 nitrogen and oxygen atoms in total. The van der Waals surface area contributed by atoms with Crippen molar-refractivity contribution in [2.75, 3.05) is 6.79 Å². The van der Waals surface area contributed by atoms with Crippen molar-refractivity contribution < 1.29 is 14.3 Å². The summed E-state index contributed by atoms with van der Waals surface area (Å²) in [4.78, 5) is 30.5. The molecule has 8 heteroatoms. The molecule has 3 aromatic rings. The normalized spacial score (nSPS) is 18.3. The number of hydrogen-bond donors (Lipinski definition) is 1. The van der Waals surface area contributed by atoms with Gasteiger partial charge in [-0.25, -0.2) is 15.0 Å². The van der Waals surface area contributed by atoms with E-state index < -0.39 is 0 Å². The molecule has 1 amide bonds. The number of carbonyl (C=O) groups excluding carboxylic acids is 1. The number of nitrogens with one attached hydrogen (secondary N) is 1. The third kappa shape index (κ3) is 4.05. The second kappa shape index (κ2) is 7.61. The van der Waals surface area contributed by atoms with Crippen molar-refractivity contribution >= 4 is 5.91 Å². The molecule has 0 saturated carbocycles. The Bertz CT molecular complexity index is 1130. The number of aromatic nitrogens is 4. The summed E-state index contributed by atoms with van der Waals surface area (Å²) in [5.74, 6) is 1.89. The van der Waals surface area contributed by atoms with Crippen LogP contribution in [0.4, 0.5) is 0 Å². The average Bonchev–Trinajstić information content (AvgIpc) is 3.21. The Kier molecular flexibility index (Phi) is 4.77. The average molecular weight is 417 g/mol. The van der Waals surface area contributed by atoms with Crippen LogP contribution < -0.4 is 14.8 Å². The van der Waals surface area contributed by atoms with Gasteiger partial charge < -0.3 is 14.8 Å². The largest absolute Gasteiger partial charge is 0.454 e. The molecule has 31 heavy (non-hydrogen) atoms. The summed E-state index contributed by atoms with van der Waals surface area (Å²) in [5, 5.41) is 3.19. The van der Waals surface area contributed by atoms with Crippen molar-refractivity contribution in [3.8, 4) is 23.0 Å². The van der Waals surface area contributed by atoms with Gasteiger partial charge in [-0.05, 0) is 36.0 Å². The molecule has 1 atom stereocenters. The Balaban J connectivity index is 1.36. The lowest BCUT2D eigenvalue weighted by molar-refractivity contribution is -0.121. The van der Waals surface area contributed by atoms with Crippen LogP contribution in [0, 0.1) is 5.41 Å². The first-order valence-electron chi connectivity index (χ1n) is 10.3. The molecule has 5 rings (SSSR count). The number of ether oxygens (including phenoxy) is 2. The molecule has 0 spiro atoms. The maximum atomic E-state index is 12.8. The van der Waals surface area contributed by atoms with E-state index in [1.54, 1.807) is 18.6 Å². The Morgan fingerprint density at radius 1 is 1.16 bits per heavy atom. The summed E-state index contributed by atoms with van der Waals surface area (Å²) in [6.07, 6.45) is 8.61. The lowest BCUT2D eigenvalue weighted by Gasteiger charge is -2.36. The molecule has 1 aliphatic heterocycles. The lowest BCUT2D eigenvalue weighted by atomic mass is 9.74. The number of benzene rings is 1. The van der Waals surface area contributed by atoms with Crippen molar-refractivity contribution in [1.82, 2.24) is 25.3 Å². The predicted octanol–water partition coefficient (Wildman–Crippen LogP) is 3.03. The minimum Gasteiger partial charge on any atom is -0.454 e. The highest BCUT2D eigenvalue weighted by atomic mass is 16.7. The van der Waals surface area contributed by atoms with E-state index >= 15 is 0 Å². The van der Waals surface area contributed by atoms with E-state index in [9.17, 15) is 4.79 Å². The monoisotopic (exact) mass is 417 g/mol. The molecule has 1 aliphatic carbocycles. The zero-order valence-corrected chi connectivity index (χ0v) is 17.5. The molecular weight excluding hydrogens is 394 g/mol. The fourth-order valence-corrected chi connectivity index (χ4v) is 4.20. The van der Waals surface area contributed by atoms with Crippen molar-refractivity contribution in [3.05, 3.63) is 59.8 Å². The molecular formula is C23H23N5O3. The fourth-order valence-electron chi connectivity index (χ4n) is 4.20. The minimum atomic E-state index is -0.142. The van der Waals surface area contributed by atoms with Gasteiger partial charge in [0.05, 0.1) is 24.4 Å². The molecule has 0 bridgehead atoms. The van der Waals surface area contributed by atoms with Crippen molar-refractivity contribution in [2.45, 2.75) is 39.2 Å². The molecule has 158 valence electrons. The zero-order chi connectivity index (χ0) is 21.4. The Labute approximate surface area is 180 Å². The number of amides is 1. The Morgan fingerprint density at radius 3 is 2.87 bits per heavy atom. The van der Waals surface area contributed by atoms with E-state index in [1.807, 2.05) is 24.4 Å². The first-order valence-corrected chi connectivity index (χ1v) is 10.3. The number of fused-ring (bicyclic) bond motifs is 2. The van der Waals surface area contributed by atoms with Gasteiger partial charge in [0, 0.05) is 24.2 Å². The van der Waals surface area contributed by atoms with Crippen LogP contribution in [0.5, 0.6) is 11.5 Å². The Hall–Kier alpha value is -3.55. The summed E-state index contributed by atoms with van der Waals surface area (Å²) in [6.45, 7) is 4.60. The van der Waals surface area contributed by atoms with E-state index in [4.69, 9.17) is 14.5 Å². The smallest absolute Gasteiger partial charge is 0.231 e. The zero-order valence-electron chi connectivity index (χ0n) is 17.5. The summed E-state index contributed by atoms with van der Waals surface area (Å²) in [6, 6.07) is 5.45. The van der Waals surface area contributed by atoms with Gasteiger partial charge in [-0.2, -0.15) is 0 Å². The van der Waals surface area contributed by atoms with Gasteiger partial charge in [-0.15, -0.1) is 0 Å². The molecule has 2 aromatic heterocycles. The predicted molar refractivity (Wildman–Crippen MR) is 112 cm³/mol. The second-order valence-corrected chi connectivity index (χ2v) is 8.72. The van der Waals surface area contributed by atoms with Crippen LogP contribution in [0.2, 0.25) is 0 Å². The highest BCUT2D eigenvalue weighted by molar-refractivity contribution is 5.79. The topological polar surface area (TPSA) is 99.1 Å². The van der Waals surface area contributed by atoms with Gasteiger partial charge in [0.25, 0.3) is 0 Å².